The van der Waals surface area contributed by atoms with Gasteiger partial charge in [-0.2, -0.15) is 0 Å². The Morgan fingerprint density at radius 2 is 0.662 bits per heavy atom. The molecular formula is C66H46N2. The van der Waals surface area contributed by atoms with Gasteiger partial charge in [0.2, 0.25) is 0 Å². The number of anilines is 3. The van der Waals surface area contributed by atoms with E-state index in [2.05, 4.69) is 289 Å². The van der Waals surface area contributed by atoms with Gasteiger partial charge in [-0.05, 0) is 104 Å². The molecule has 0 aliphatic heterocycles. The number of hydrogen-bond acceptors (Lipinski definition) is 1. The highest BCUT2D eigenvalue weighted by atomic mass is 15.1. The first-order valence-corrected chi connectivity index (χ1v) is 23.3. The summed E-state index contributed by atoms with van der Waals surface area (Å²) < 4.78 is 2.39. The van der Waals surface area contributed by atoms with Crippen LogP contribution in [-0.4, -0.2) is 4.57 Å². The van der Waals surface area contributed by atoms with E-state index >= 15 is 0 Å². The monoisotopic (exact) mass is 866 g/mol. The predicted octanol–water partition coefficient (Wildman–Crippen LogP) is 18.3. The quantitative estimate of drug-likeness (QED) is 0.133. The third kappa shape index (κ3) is 7.45. The van der Waals surface area contributed by atoms with E-state index in [-0.39, 0.29) is 0 Å². The van der Waals surface area contributed by atoms with Gasteiger partial charge in [0.05, 0.1) is 22.4 Å². The zero-order valence-electron chi connectivity index (χ0n) is 37.5. The van der Waals surface area contributed by atoms with Crippen LogP contribution in [0, 0.1) is 0 Å². The third-order valence-electron chi connectivity index (χ3n) is 13.2. The minimum Gasteiger partial charge on any atom is -0.309 e. The molecule has 0 unspecified atom stereocenters. The van der Waals surface area contributed by atoms with Crippen LogP contribution in [0.4, 0.5) is 17.1 Å². The maximum Gasteiger partial charge on any atom is 0.0546 e. The number of aromatic nitrogens is 1. The number of rotatable bonds is 10. The fourth-order valence-electron chi connectivity index (χ4n) is 10.1. The van der Waals surface area contributed by atoms with Crippen LogP contribution >= 0.6 is 0 Å². The average Bonchev–Trinajstić information content (AvgIpc) is 3.76. The van der Waals surface area contributed by atoms with Crippen LogP contribution in [0.5, 0.6) is 0 Å². The summed E-state index contributed by atoms with van der Waals surface area (Å²) in [4.78, 5) is 2.47. The zero-order chi connectivity index (χ0) is 45.2. The first-order valence-electron chi connectivity index (χ1n) is 23.3. The molecule has 2 heteroatoms. The molecule has 0 aliphatic carbocycles. The van der Waals surface area contributed by atoms with Crippen LogP contribution < -0.4 is 4.90 Å². The molecule has 0 fully saturated rings. The number of benzene rings is 11. The Hall–Kier alpha value is -8.98. The summed E-state index contributed by atoms with van der Waals surface area (Å²) in [5.41, 5.74) is 20.8. The number of nitrogens with zero attached hydrogens (tertiary/aromatic N) is 2. The van der Waals surface area contributed by atoms with E-state index in [4.69, 9.17) is 0 Å². The third-order valence-corrected chi connectivity index (χ3v) is 13.2. The van der Waals surface area contributed by atoms with Gasteiger partial charge in [0.1, 0.15) is 0 Å². The Bertz CT molecular complexity index is 3650. The van der Waals surface area contributed by atoms with Crippen LogP contribution in [0.3, 0.4) is 0 Å². The van der Waals surface area contributed by atoms with Gasteiger partial charge < -0.3 is 9.47 Å². The Morgan fingerprint density at radius 1 is 0.250 bits per heavy atom. The first kappa shape index (κ1) is 40.5. The minimum absolute atomic E-state index is 1.06. The van der Waals surface area contributed by atoms with Crippen LogP contribution in [0.1, 0.15) is 0 Å². The molecule has 0 amide bonds. The Kier molecular flexibility index (Phi) is 10.6. The average molecular weight is 867 g/mol. The van der Waals surface area contributed by atoms with Gasteiger partial charge in [-0.1, -0.05) is 231 Å². The van der Waals surface area contributed by atoms with Gasteiger partial charge in [0, 0.05) is 33.3 Å². The normalized spacial score (nSPS) is 11.2. The lowest BCUT2D eigenvalue weighted by molar-refractivity contribution is 1.18. The summed E-state index contributed by atoms with van der Waals surface area (Å²) in [6.07, 6.45) is 0. The first-order chi connectivity index (χ1) is 33.8. The van der Waals surface area contributed by atoms with E-state index in [0.29, 0.717) is 0 Å². The highest BCUT2D eigenvalue weighted by Gasteiger charge is 2.25. The zero-order valence-corrected chi connectivity index (χ0v) is 37.5. The van der Waals surface area contributed by atoms with Crippen molar-refractivity contribution in [3.05, 3.63) is 279 Å². The second kappa shape index (κ2) is 17.8. The molecule has 0 spiro atoms. The largest absolute Gasteiger partial charge is 0.309 e. The van der Waals surface area contributed by atoms with Gasteiger partial charge in [0.15, 0.2) is 0 Å². The van der Waals surface area contributed by atoms with Gasteiger partial charge in [-0.25, -0.2) is 0 Å². The predicted molar refractivity (Wildman–Crippen MR) is 288 cm³/mol. The molecule has 12 rings (SSSR count). The van der Waals surface area contributed by atoms with Crippen molar-refractivity contribution in [2.75, 3.05) is 4.90 Å². The molecule has 1 heterocycles. The lowest BCUT2D eigenvalue weighted by atomic mass is 9.87. The smallest absolute Gasteiger partial charge is 0.0546 e. The summed E-state index contributed by atoms with van der Waals surface area (Å²) in [5.74, 6) is 0. The maximum absolute atomic E-state index is 2.47. The fourth-order valence-corrected chi connectivity index (χ4v) is 10.1. The summed E-state index contributed by atoms with van der Waals surface area (Å²) in [7, 11) is 0. The molecule has 320 valence electrons. The van der Waals surface area contributed by atoms with Crippen LogP contribution in [0.25, 0.3) is 94.3 Å². The van der Waals surface area contributed by atoms with Crippen molar-refractivity contribution >= 4 is 38.9 Å². The lowest BCUT2D eigenvalue weighted by Gasteiger charge is -2.31. The molecule has 68 heavy (non-hydrogen) atoms. The SMILES string of the molecule is c1ccc(-c2ccc(-c3ccccc3N(c3ccc(-c4cccc(-n5c6ccccc6c6ccccc65)c4)cc3)c3cccc(-c4ccccc4)c3-c3ccccc3-c3ccccc3)cc2)cc1. The van der Waals surface area contributed by atoms with E-state index in [9.17, 15) is 0 Å². The lowest BCUT2D eigenvalue weighted by Crippen LogP contribution is -2.13. The topological polar surface area (TPSA) is 8.17 Å². The second-order valence-corrected chi connectivity index (χ2v) is 17.2. The van der Waals surface area contributed by atoms with Crippen LogP contribution in [0.2, 0.25) is 0 Å². The molecule has 0 radical (unpaired) electrons. The van der Waals surface area contributed by atoms with E-state index < -0.39 is 0 Å². The molecule has 11 aromatic carbocycles. The van der Waals surface area contributed by atoms with Gasteiger partial charge in [-0.15, -0.1) is 0 Å². The minimum atomic E-state index is 1.06. The molecule has 2 nitrogen and oxygen atoms in total. The highest BCUT2D eigenvalue weighted by Crippen LogP contribution is 2.50. The molecule has 0 saturated carbocycles. The standard InChI is InChI=1S/C66H46N2/c1-4-20-47(21-5-1)48-38-40-52(41-39-48)57-29-12-15-34-62(57)67(65-37-19-33-58(51-24-8-3-9-25-51)66(65)61-32-11-10-28-56(61)50-22-6-2-7-23-50)54-44-42-49(43-45-54)53-26-18-27-55(46-53)68-63-35-16-13-30-59(63)60-31-14-17-36-64(60)68/h1-46H. The van der Waals surface area contributed by atoms with E-state index in [1.807, 2.05) is 0 Å². The van der Waals surface area contributed by atoms with Crippen molar-refractivity contribution in [3.8, 4) is 72.4 Å². The number of fused-ring (bicyclic) bond motifs is 3. The Balaban J connectivity index is 1.05. The van der Waals surface area contributed by atoms with Crippen molar-refractivity contribution in [2.24, 2.45) is 0 Å². The summed E-state index contributed by atoms with van der Waals surface area (Å²) >= 11 is 0. The molecule has 0 N–H and O–H groups in total. The molecular weight excluding hydrogens is 821 g/mol. The van der Waals surface area contributed by atoms with Crippen molar-refractivity contribution < 1.29 is 0 Å². The van der Waals surface area contributed by atoms with Crippen LogP contribution in [-0.2, 0) is 0 Å². The summed E-state index contributed by atoms with van der Waals surface area (Å²) in [6, 6.07) is 101. The van der Waals surface area contributed by atoms with Crippen LogP contribution in [0.15, 0.2) is 279 Å². The van der Waals surface area contributed by atoms with Gasteiger partial charge in [-0.3, -0.25) is 0 Å². The molecule has 1 aromatic heterocycles. The van der Waals surface area contributed by atoms with Gasteiger partial charge >= 0.3 is 0 Å². The van der Waals surface area contributed by atoms with E-state index in [1.54, 1.807) is 0 Å². The molecule has 0 saturated heterocycles. The van der Waals surface area contributed by atoms with Crippen molar-refractivity contribution in [1.82, 2.24) is 4.57 Å². The second-order valence-electron chi connectivity index (χ2n) is 17.2. The van der Waals surface area contributed by atoms with Crippen molar-refractivity contribution in [2.45, 2.75) is 0 Å². The fraction of sp³-hybridized carbons (Fsp3) is 0. The summed E-state index contributed by atoms with van der Waals surface area (Å²) in [5, 5.41) is 2.51. The molecule has 0 bridgehead atoms. The number of hydrogen-bond donors (Lipinski definition) is 0. The molecule has 12 aromatic rings. The summed E-state index contributed by atoms with van der Waals surface area (Å²) in [6.45, 7) is 0. The van der Waals surface area contributed by atoms with Gasteiger partial charge in [0.25, 0.3) is 0 Å². The molecule has 0 atom stereocenters. The molecule has 0 aliphatic rings. The van der Waals surface area contributed by atoms with Crippen molar-refractivity contribution in [1.29, 1.82) is 0 Å². The van der Waals surface area contributed by atoms with E-state index in [1.165, 1.54) is 55.2 Å². The Morgan fingerprint density at radius 3 is 1.32 bits per heavy atom. The van der Waals surface area contributed by atoms with Crippen molar-refractivity contribution in [3.63, 3.8) is 0 Å². The maximum atomic E-state index is 2.47. The highest BCUT2D eigenvalue weighted by molar-refractivity contribution is 6.09. The van der Waals surface area contributed by atoms with E-state index in [0.717, 1.165) is 56.1 Å². The number of para-hydroxylation sites is 3. The Labute approximate surface area is 397 Å².